The molecule has 8 aromatic rings. The van der Waals surface area contributed by atoms with Crippen molar-refractivity contribution in [2.45, 2.75) is 228 Å². The maximum atomic E-state index is 12.6. The lowest BCUT2D eigenvalue weighted by Crippen LogP contribution is -2.43. The molecule has 4 N–H and O–H groups in total. The van der Waals surface area contributed by atoms with Gasteiger partial charge in [0, 0.05) is 6.92 Å². The quantitative estimate of drug-likeness (QED) is 0.0157. The van der Waals surface area contributed by atoms with E-state index in [1.54, 1.807) is 194 Å². The van der Waals surface area contributed by atoms with Crippen molar-refractivity contribution in [1.29, 1.82) is 0 Å². The summed E-state index contributed by atoms with van der Waals surface area (Å²) < 4.78 is 66.8. The average molecular weight is 1980 g/mol. The van der Waals surface area contributed by atoms with Crippen LogP contribution in [0.5, 0.6) is 0 Å². The van der Waals surface area contributed by atoms with E-state index in [1.807, 2.05) is 50.2 Å². The molecule has 3 saturated heterocycles. The van der Waals surface area contributed by atoms with Crippen LogP contribution in [0.1, 0.15) is 179 Å². The van der Waals surface area contributed by atoms with E-state index in [2.05, 4.69) is 149 Å². The topological polar surface area (TPSA) is 395 Å². The highest BCUT2D eigenvalue weighted by Crippen LogP contribution is 2.43. The standard InChI is InChI=1S/C20H18N4O5S2.C18H26O3Si.C17H18O5S.C15H14O4S.C12H12O3.C12H10O3.C8H18O2Si/c1-3-7-12(28-17(26)11-8-5-4-6-9-11)18-29-16(10(2)30-18)24-14-13(31-20(24)27)15(25)23-19(21)22-14;1-7-11-16(14-20-22(5,6)18(2,3)4)21-17(19)15-12-9-8-10-13-15;1-4-8-14(21-15(19)13-9-6-5-7-10-13)17-22-16(11(2)23-17)20-12(3)18;1-3-7-12(15-19-13(16)10(2)20-15)18-14(17)11-8-5-4-6-9-11;2*1-2-6-11(9-13)15-12(14)10-7-4-3-5-8-10;1-8(2,3)11(4,5)10-7-6-9/h4-6,8-10,12,16,18H,1-2H3,(H3,21,22,23,25);8-10,12-13,16H,14H2,1-6H3;5-7,9-11,14,16-17H,1-3H3;4-6,8-10,12,15H,1-2H3;3-5,7-8,11,13H,9H2,1H3;3-5,7-9,11H,1H3;6H,7H2,1-5H3/t10-,12?,16?,18?;;11-,14?,16?,17?;10-,12?,15?;;;/m0.00.../s1. The normalized spacial score (nSPS) is 17.7. The Morgan fingerprint density at radius 3 is 1.21 bits per heavy atom. The second-order valence-electron chi connectivity index (χ2n) is 32.3. The summed E-state index contributed by atoms with van der Waals surface area (Å²) in [5.41, 5.74) is 6.30. The largest absolute Gasteiger partial charge is 0.445 e. The van der Waals surface area contributed by atoms with Gasteiger partial charge in [0.2, 0.25) is 24.4 Å². The molecule has 0 saturated carbocycles. The van der Waals surface area contributed by atoms with Crippen LogP contribution in [-0.4, -0.2) is 191 Å². The van der Waals surface area contributed by atoms with E-state index in [4.69, 9.17) is 67.1 Å². The van der Waals surface area contributed by atoms with Crippen molar-refractivity contribution in [1.82, 2.24) is 14.5 Å². The highest BCUT2D eigenvalue weighted by Gasteiger charge is 2.45. The molecule has 35 heteroatoms. The summed E-state index contributed by atoms with van der Waals surface area (Å²) >= 11 is 4.88. The zero-order valence-electron chi connectivity index (χ0n) is 80.0. The molecule has 0 aliphatic carbocycles. The third-order valence-corrected chi connectivity index (χ3v) is 33.7. The molecule has 14 atom stereocenters. The van der Waals surface area contributed by atoms with Crippen molar-refractivity contribution >= 4 is 140 Å². The minimum atomic E-state index is -1.89. The number of hydrogen-bond acceptors (Lipinski definition) is 31. The van der Waals surface area contributed by atoms with Crippen molar-refractivity contribution in [2.75, 3.05) is 25.6 Å². The lowest BCUT2D eigenvalue weighted by atomic mass is 10.2. The Balaban J connectivity index is 0.000000288. The smallest absolute Gasteiger partial charge is 0.339 e. The summed E-state index contributed by atoms with van der Waals surface area (Å²) in [6.07, 6.45) is -4.69. The Labute approximate surface area is 818 Å². The van der Waals surface area contributed by atoms with Crippen molar-refractivity contribution in [3.63, 3.8) is 0 Å². The number of H-pyrrole nitrogens is 1. The number of thiazole rings is 1. The summed E-state index contributed by atoms with van der Waals surface area (Å²) in [6, 6.07) is 51.9. The predicted molar refractivity (Wildman–Crippen MR) is 534 cm³/mol. The number of carbonyl (C=O) groups is 10. The van der Waals surface area contributed by atoms with E-state index in [0.29, 0.717) is 46.3 Å². The SMILES string of the molecule is CC#CC(C=O)OC(=O)c1ccccc1.CC#CC(CO)OC(=O)c1ccccc1.CC#CC(CO[Si](C)(C)C(C)(C)C)OC(=O)c1ccccc1.CC#CC(OC(=O)c1ccccc1)C1OC(=O)[C@H](C)S1.CC#CC(OC(=O)c1ccccc1)C1OC(OC(C)=O)[C@H](C)S1.CC#CC(OC(=O)c1ccccc1)C1OC(n2c(=O)sc3c(=O)[nH]c(N)nc32)[C@H](C)S1.CC(C)(C)[Si](C)(C)OCC=O. The minimum absolute atomic E-state index is 0.0690. The van der Waals surface area contributed by atoms with Crippen molar-refractivity contribution < 1.29 is 109 Å². The maximum Gasteiger partial charge on any atom is 0.339 e. The number of anilines is 1. The Kier molecular flexibility index (Phi) is 48.8. The van der Waals surface area contributed by atoms with Crippen molar-refractivity contribution in [3.8, 4) is 71.0 Å². The van der Waals surface area contributed by atoms with Crippen LogP contribution in [0.4, 0.5) is 5.95 Å². The molecule has 0 amide bonds. The number of hydrogen-bond donors (Lipinski definition) is 3. The molecule has 6 aromatic carbocycles. The summed E-state index contributed by atoms with van der Waals surface area (Å²) in [5, 5.41) is 8.64. The molecule has 0 spiro atoms. The molecular weight excluding hydrogens is 1870 g/mol. The number of aromatic nitrogens is 3. The fourth-order valence-electron chi connectivity index (χ4n) is 10.9. The molecule has 29 nitrogen and oxygen atoms in total. The number of ether oxygens (including phenoxy) is 10. The molecule has 0 radical (unpaired) electrons. The number of aliphatic hydroxyl groups excluding tert-OH is 1. The number of carbonyl (C=O) groups excluding carboxylic acids is 10. The van der Waals surface area contributed by atoms with Gasteiger partial charge in [0.1, 0.15) is 16.2 Å². The molecule has 11 rings (SSSR count). The van der Waals surface area contributed by atoms with Crippen molar-refractivity contribution in [2.24, 2.45) is 0 Å². The van der Waals surface area contributed by atoms with Gasteiger partial charge in [-0.25, -0.2) is 28.8 Å². The number of nitrogens with one attached hydrogen (secondary N) is 1. The van der Waals surface area contributed by atoms with E-state index in [1.165, 1.54) is 46.8 Å². The third-order valence-electron chi connectivity index (χ3n) is 20.0. The van der Waals surface area contributed by atoms with E-state index >= 15 is 0 Å². The second-order valence-corrected chi connectivity index (χ2v) is 47.3. The van der Waals surface area contributed by atoms with Gasteiger partial charge in [-0.05, 0) is 171 Å². The molecule has 2 aromatic heterocycles. The number of esters is 8. The van der Waals surface area contributed by atoms with E-state index in [-0.39, 0.29) is 67.3 Å². The molecule has 726 valence electrons. The molecule has 137 heavy (non-hydrogen) atoms. The average Bonchev–Trinajstić information content (AvgIpc) is 1.60. The highest BCUT2D eigenvalue weighted by atomic mass is 32.2. The first kappa shape index (κ1) is 115. The van der Waals surface area contributed by atoms with Crippen LogP contribution in [-0.2, 0) is 75.4 Å². The molecule has 11 unspecified atom stereocenters. The Bertz CT molecular complexity index is 5850. The lowest BCUT2D eigenvalue weighted by Gasteiger charge is -2.36. The van der Waals surface area contributed by atoms with E-state index < -0.39 is 128 Å². The highest BCUT2D eigenvalue weighted by molar-refractivity contribution is 8.01. The van der Waals surface area contributed by atoms with Gasteiger partial charge >= 0.3 is 52.6 Å². The first-order valence-corrected chi connectivity index (χ1v) is 52.4. The van der Waals surface area contributed by atoms with Crippen LogP contribution >= 0.6 is 46.6 Å². The lowest BCUT2D eigenvalue weighted by molar-refractivity contribution is -0.177. The number of aliphatic hydroxyl groups is 1. The van der Waals surface area contributed by atoms with Gasteiger partial charge in [0.25, 0.3) is 5.56 Å². The number of aromatic amines is 1. The summed E-state index contributed by atoms with van der Waals surface area (Å²) in [4.78, 5) is 146. The molecule has 3 aliphatic heterocycles. The van der Waals surface area contributed by atoms with Crippen molar-refractivity contribution in [3.05, 3.63) is 235 Å². The maximum absolute atomic E-state index is 12.6. The number of nitrogens with two attached hydrogens (primary N) is 1. The van der Waals surface area contributed by atoms with Gasteiger partial charge in [0.05, 0.1) is 63.7 Å². The Morgan fingerprint density at radius 2 is 0.854 bits per heavy atom. The first-order valence-electron chi connectivity index (χ1n) is 43.0. The summed E-state index contributed by atoms with van der Waals surface area (Å²) in [5.74, 6) is 28.9. The van der Waals surface area contributed by atoms with Crippen LogP contribution in [0.3, 0.4) is 0 Å². The van der Waals surface area contributed by atoms with Crippen LogP contribution in [0.2, 0.25) is 36.3 Å². The number of fused-ring (bicyclic) bond motifs is 1. The van der Waals surface area contributed by atoms with Crippen LogP contribution in [0.25, 0.3) is 10.3 Å². The van der Waals surface area contributed by atoms with Gasteiger partial charge < -0.3 is 71.9 Å². The number of benzene rings is 6. The van der Waals surface area contributed by atoms with Crippen LogP contribution < -0.4 is 16.2 Å². The number of thioether (sulfide) groups is 3. The minimum Gasteiger partial charge on any atom is -0.445 e. The predicted octanol–water partition coefficient (Wildman–Crippen LogP) is 15.9. The number of rotatable bonds is 25. The van der Waals surface area contributed by atoms with Gasteiger partial charge in [-0.3, -0.25) is 33.5 Å². The number of cyclic esters (lactones) is 1. The fourth-order valence-corrected chi connectivity index (χ4v) is 17.0. The zero-order valence-corrected chi connectivity index (χ0v) is 85.3. The molecule has 3 fully saturated rings. The fraction of sp³-hybridized carbons (Fsp3) is 0.382. The molecule has 0 bridgehead atoms. The monoisotopic (exact) mass is 1980 g/mol. The first-order chi connectivity index (χ1) is 65.0. The van der Waals surface area contributed by atoms with E-state index in [0.717, 1.165) is 17.6 Å². The summed E-state index contributed by atoms with van der Waals surface area (Å²) in [7, 11) is -3.54. The third kappa shape index (κ3) is 38.1. The van der Waals surface area contributed by atoms with Crippen LogP contribution in [0, 0.1) is 71.0 Å². The summed E-state index contributed by atoms with van der Waals surface area (Å²) in [6.45, 7) is 38.6. The molecule has 5 heterocycles. The number of aldehydes is 2. The van der Waals surface area contributed by atoms with E-state index in [9.17, 15) is 57.5 Å². The van der Waals surface area contributed by atoms with Gasteiger partial charge in [-0.1, -0.05) is 209 Å². The Hall–Kier alpha value is -12.6. The number of nitrogen functional groups attached to an aromatic ring is 1. The van der Waals surface area contributed by atoms with Gasteiger partial charge in [-0.15, -0.1) is 59.0 Å². The molecule has 3 aliphatic rings. The molecular formula is C102H116N4O25S4Si2. The Morgan fingerprint density at radius 1 is 0.496 bits per heavy atom. The van der Waals surface area contributed by atoms with Crippen LogP contribution in [0.15, 0.2) is 192 Å². The zero-order chi connectivity index (χ0) is 102. The number of nitrogens with zero attached hydrogens (tertiary/aromatic N) is 2. The van der Waals surface area contributed by atoms with Gasteiger partial charge in [0.15, 0.2) is 75.5 Å². The van der Waals surface area contributed by atoms with Gasteiger partial charge in [-0.2, -0.15) is 4.98 Å². The second kappa shape index (κ2) is 58.1.